The van der Waals surface area contributed by atoms with Crippen LogP contribution in [0.25, 0.3) is 0 Å². The molecule has 7 heteroatoms. The molecule has 0 aromatic heterocycles. The van der Waals surface area contributed by atoms with Gasteiger partial charge in [-0.05, 0) is 26.3 Å². The first-order valence-corrected chi connectivity index (χ1v) is 5.28. The molecule has 15 heavy (non-hydrogen) atoms. The van der Waals surface area contributed by atoms with Crippen molar-refractivity contribution in [3.8, 4) is 0 Å². The summed E-state index contributed by atoms with van der Waals surface area (Å²) in [4.78, 5) is 11.4. The van der Waals surface area contributed by atoms with Crippen LogP contribution in [-0.2, 0) is 9.53 Å². The van der Waals surface area contributed by atoms with Gasteiger partial charge in [0.1, 0.15) is 0 Å². The molecule has 0 aliphatic rings. The zero-order valence-corrected chi connectivity index (χ0v) is 9.95. The van der Waals surface area contributed by atoms with Crippen molar-refractivity contribution in [1.29, 1.82) is 0 Å². The number of ether oxygens (including phenoxy) is 1. The normalized spacial score (nSPS) is 15.9. The third-order valence-electron chi connectivity index (χ3n) is 1.92. The summed E-state index contributed by atoms with van der Waals surface area (Å²) >= 11 is 10.5. The minimum Gasteiger partial charge on any atom is -0.464 e. The van der Waals surface area contributed by atoms with E-state index in [4.69, 9.17) is 34.7 Å². The fourth-order valence-corrected chi connectivity index (χ4v) is 1.34. The van der Waals surface area contributed by atoms with Gasteiger partial charge in [0.25, 0.3) is 4.59 Å². The quantitative estimate of drug-likeness (QED) is 0.554. The SMILES string of the molecule is CCOC(=O)[C@@](N)(CCCN)C(F)(Cl)Cl. The summed E-state index contributed by atoms with van der Waals surface area (Å²) in [5.74, 6) is -0.967. The average Bonchev–Trinajstić information content (AvgIpc) is 2.12. The summed E-state index contributed by atoms with van der Waals surface area (Å²) in [6.45, 7) is 1.90. The van der Waals surface area contributed by atoms with Gasteiger partial charge in [-0.1, -0.05) is 23.2 Å². The summed E-state index contributed by atoms with van der Waals surface area (Å²) in [5, 5.41) is 0. The van der Waals surface area contributed by atoms with E-state index in [-0.39, 0.29) is 19.6 Å². The van der Waals surface area contributed by atoms with E-state index in [2.05, 4.69) is 4.74 Å². The van der Waals surface area contributed by atoms with Crippen LogP contribution in [0.4, 0.5) is 4.39 Å². The van der Waals surface area contributed by atoms with Crippen LogP contribution in [0.1, 0.15) is 19.8 Å². The largest absolute Gasteiger partial charge is 0.464 e. The summed E-state index contributed by atoms with van der Waals surface area (Å²) in [6.07, 6.45) is 0.242. The maximum Gasteiger partial charge on any atom is 0.332 e. The van der Waals surface area contributed by atoms with Crippen LogP contribution in [0.3, 0.4) is 0 Å². The molecule has 0 aromatic carbocycles. The molecule has 0 aliphatic heterocycles. The monoisotopic (exact) mass is 260 g/mol. The highest BCUT2D eigenvalue weighted by Crippen LogP contribution is 2.37. The molecule has 0 unspecified atom stereocenters. The molecule has 0 aliphatic carbocycles. The number of hydrogen-bond acceptors (Lipinski definition) is 4. The summed E-state index contributed by atoms with van der Waals surface area (Å²) in [6, 6.07) is 0. The van der Waals surface area contributed by atoms with Crippen LogP contribution in [0.5, 0.6) is 0 Å². The number of rotatable bonds is 6. The molecule has 0 spiro atoms. The average molecular weight is 261 g/mol. The summed E-state index contributed by atoms with van der Waals surface area (Å²) < 4.78 is 15.1. The van der Waals surface area contributed by atoms with Crippen molar-refractivity contribution in [3.05, 3.63) is 0 Å². The Morgan fingerprint density at radius 1 is 1.53 bits per heavy atom. The van der Waals surface area contributed by atoms with Crippen LogP contribution < -0.4 is 11.5 Å². The number of halogens is 3. The zero-order chi connectivity index (χ0) is 12.1. The van der Waals surface area contributed by atoms with Crippen LogP contribution in [0.2, 0.25) is 0 Å². The van der Waals surface area contributed by atoms with E-state index in [9.17, 15) is 9.18 Å². The van der Waals surface area contributed by atoms with Crippen LogP contribution >= 0.6 is 23.2 Å². The number of hydrogen-bond donors (Lipinski definition) is 2. The molecule has 0 bridgehead atoms. The lowest BCUT2D eigenvalue weighted by atomic mass is 9.95. The standard InChI is InChI=1S/C8H15Cl2FN2O2/c1-2-15-6(14)7(13,4-3-5-12)8(9,10)11/h2-5,12-13H2,1H3/t7-/m0/s1. The van der Waals surface area contributed by atoms with Crippen LogP contribution in [-0.4, -0.2) is 29.2 Å². The maximum absolute atomic E-state index is 13.4. The Bertz CT molecular complexity index is 223. The van der Waals surface area contributed by atoms with Gasteiger partial charge >= 0.3 is 5.97 Å². The van der Waals surface area contributed by atoms with E-state index in [1.807, 2.05) is 0 Å². The molecule has 0 saturated carbocycles. The molecule has 4 N–H and O–H groups in total. The topological polar surface area (TPSA) is 78.3 Å². The Hall–Kier alpha value is -0.100. The van der Waals surface area contributed by atoms with Gasteiger partial charge in [0.15, 0.2) is 5.54 Å². The van der Waals surface area contributed by atoms with Crippen molar-refractivity contribution >= 4 is 29.2 Å². The molecule has 0 saturated heterocycles. The summed E-state index contributed by atoms with van der Waals surface area (Å²) in [7, 11) is 0. The second-order valence-electron chi connectivity index (χ2n) is 3.08. The fourth-order valence-electron chi connectivity index (χ4n) is 1.00. The fraction of sp³-hybridized carbons (Fsp3) is 0.875. The van der Waals surface area contributed by atoms with Crippen molar-refractivity contribution in [3.63, 3.8) is 0 Å². The Kier molecular flexibility index (Phi) is 5.80. The highest BCUT2D eigenvalue weighted by atomic mass is 35.5. The first kappa shape index (κ1) is 14.9. The Labute approximate surface area is 98.0 Å². The molecule has 1 atom stereocenters. The Balaban J connectivity index is 4.77. The lowest BCUT2D eigenvalue weighted by Crippen LogP contribution is -2.59. The second-order valence-corrected chi connectivity index (χ2v) is 4.32. The van der Waals surface area contributed by atoms with Gasteiger partial charge in [-0.3, -0.25) is 0 Å². The van der Waals surface area contributed by atoms with E-state index < -0.39 is 16.1 Å². The predicted molar refractivity (Wildman–Crippen MR) is 57.4 cm³/mol. The Morgan fingerprint density at radius 3 is 2.40 bits per heavy atom. The first-order valence-electron chi connectivity index (χ1n) is 4.52. The smallest absolute Gasteiger partial charge is 0.332 e. The van der Waals surface area contributed by atoms with Gasteiger partial charge in [0, 0.05) is 0 Å². The van der Waals surface area contributed by atoms with E-state index in [1.54, 1.807) is 6.92 Å². The van der Waals surface area contributed by atoms with Crippen LogP contribution in [0, 0.1) is 0 Å². The third-order valence-corrected chi connectivity index (χ3v) is 2.60. The molecule has 0 aromatic rings. The maximum atomic E-state index is 13.4. The molecule has 0 amide bonds. The second kappa shape index (κ2) is 5.84. The lowest BCUT2D eigenvalue weighted by molar-refractivity contribution is -0.152. The number of esters is 1. The van der Waals surface area contributed by atoms with E-state index in [1.165, 1.54) is 0 Å². The van der Waals surface area contributed by atoms with Gasteiger partial charge < -0.3 is 16.2 Å². The molecule has 0 heterocycles. The van der Waals surface area contributed by atoms with E-state index >= 15 is 0 Å². The minimum absolute atomic E-state index is 0.0737. The molecule has 0 rings (SSSR count). The Morgan fingerprint density at radius 2 is 2.07 bits per heavy atom. The van der Waals surface area contributed by atoms with Gasteiger partial charge in [-0.25, -0.2) is 9.18 Å². The van der Waals surface area contributed by atoms with Gasteiger partial charge in [-0.2, -0.15) is 0 Å². The van der Waals surface area contributed by atoms with Crippen molar-refractivity contribution < 1.29 is 13.9 Å². The van der Waals surface area contributed by atoms with Crippen LogP contribution in [0.15, 0.2) is 0 Å². The molecule has 0 fully saturated rings. The summed E-state index contributed by atoms with van der Waals surface area (Å²) in [5.41, 5.74) is 8.68. The molecule has 4 nitrogen and oxygen atoms in total. The molecule has 90 valence electrons. The van der Waals surface area contributed by atoms with E-state index in [0.29, 0.717) is 6.42 Å². The van der Waals surface area contributed by atoms with Crippen molar-refractivity contribution in [2.75, 3.05) is 13.2 Å². The number of nitrogens with two attached hydrogens (primary N) is 2. The number of carbonyl (C=O) groups excluding carboxylic acids is 1. The van der Waals surface area contributed by atoms with Crippen molar-refractivity contribution in [1.82, 2.24) is 0 Å². The first-order chi connectivity index (χ1) is 6.79. The third kappa shape index (κ3) is 3.75. The van der Waals surface area contributed by atoms with Crippen molar-refractivity contribution in [2.45, 2.75) is 29.9 Å². The number of alkyl halides is 3. The van der Waals surface area contributed by atoms with Gasteiger partial charge in [-0.15, -0.1) is 0 Å². The van der Waals surface area contributed by atoms with Crippen molar-refractivity contribution in [2.24, 2.45) is 11.5 Å². The molecular formula is C8H15Cl2FN2O2. The highest BCUT2D eigenvalue weighted by Gasteiger charge is 2.54. The zero-order valence-electron chi connectivity index (χ0n) is 8.43. The molecular weight excluding hydrogens is 246 g/mol. The highest BCUT2D eigenvalue weighted by molar-refractivity contribution is 6.49. The predicted octanol–water partition coefficient (Wildman–Crippen LogP) is 1.09. The lowest BCUT2D eigenvalue weighted by Gasteiger charge is -2.31. The van der Waals surface area contributed by atoms with E-state index in [0.717, 1.165) is 0 Å². The van der Waals surface area contributed by atoms with Gasteiger partial charge in [0.05, 0.1) is 6.61 Å². The minimum atomic E-state index is -2.88. The van der Waals surface area contributed by atoms with Gasteiger partial charge in [0.2, 0.25) is 0 Å². The number of carbonyl (C=O) groups is 1. The molecule has 0 radical (unpaired) electrons.